The summed E-state index contributed by atoms with van der Waals surface area (Å²) in [6.45, 7) is 1.58. The van der Waals surface area contributed by atoms with Crippen LogP contribution >= 0.6 is 11.8 Å². The summed E-state index contributed by atoms with van der Waals surface area (Å²) in [5.41, 5.74) is 3.42. The third-order valence-corrected chi connectivity index (χ3v) is 5.60. The van der Waals surface area contributed by atoms with Crippen molar-refractivity contribution in [3.05, 3.63) is 65.7 Å². The van der Waals surface area contributed by atoms with Gasteiger partial charge < -0.3 is 14.7 Å². The second-order valence-electron chi connectivity index (χ2n) is 6.54. The molecule has 0 aliphatic carbocycles. The molecule has 2 aromatic carbocycles. The van der Waals surface area contributed by atoms with Crippen LogP contribution in [0.25, 0.3) is 10.7 Å². The minimum absolute atomic E-state index is 0.237. The lowest BCUT2D eigenvalue weighted by molar-refractivity contribution is -0.137. The van der Waals surface area contributed by atoms with Crippen LogP contribution in [0.1, 0.15) is 30.4 Å². The van der Waals surface area contributed by atoms with Crippen LogP contribution in [0.3, 0.4) is 0 Å². The highest BCUT2D eigenvalue weighted by Crippen LogP contribution is 2.39. The molecular weight excluding hydrogens is 358 g/mol. The van der Waals surface area contributed by atoms with E-state index in [4.69, 9.17) is 9.84 Å². The first-order valence-corrected chi connectivity index (χ1v) is 10.2. The molecule has 1 N–H and O–H groups in total. The van der Waals surface area contributed by atoms with Gasteiger partial charge in [0.25, 0.3) is 0 Å². The van der Waals surface area contributed by atoms with Crippen molar-refractivity contribution in [3.8, 4) is 0 Å². The van der Waals surface area contributed by atoms with Gasteiger partial charge in [-0.1, -0.05) is 42.5 Å². The molecule has 5 heteroatoms. The molecule has 0 aromatic heterocycles. The number of thioether (sulfide) groups is 1. The van der Waals surface area contributed by atoms with Crippen molar-refractivity contribution in [2.45, 2.75) is 19.3 Å². The summed E-state index contributed by atoms with van der Waals surface area (Å²) in [5.74, 6) is 1.19. The number of ether oxygens (including phenoxy) is 1. The third kappa shape index (κ3) is 5.30. The van der Waals surface area contributed by atoms with Gasteiger partial charge in [-0.05, 0) is 30.5 Å². The average Bonchev–Trinajstić information content (AvgIpc) is 2.72. The normalized spacial score (nSPS) is 14.0. The number of carboxylic acid groups (broad SMARTS) is 1. The van der Waals surface area contributed by atoms with Gasteiger partial charge in [0, 0.05) is 37.0 Å². The zero-order valence-electron chi connectivity index (χ0n) is 15.6. The van der Waals surface area contributed by atoms with Crippen LogP contribution in [0, 0.1) is 0 Å². The molecular formula is C22H25NO3S. The molecule has 1 heterocycles. The zero-order valence-corrected chi connectivity index (χ0v) is 16.4. The summed E-state index contributed by atoms with van der Waals surface area (Å²) in [6.07, 6.45) is 1.82. The predicted molar refractivity (Wildman–Crippen MR) is 113 cm³/mol. The van der Waals surface area contributed by atoms with Gasteiger partial charge in [0.05, 0.1) is 11.5 Å². The van der Waals surface area contributed by atoms with Gasteiger partial charge in [0.1, 0.15) is 5.76 Å². The summed E-state index contributed by atoms with van der Waals surface area (Å²) in [6, 6.07) is 18.8. The standard InChI is InChI=1S/C22H25NO3S/c1-23(14-6-5-9-20(24)25)19-12-10-18(11-13-19)22-21(26-15-16-27-22)17-7-3-2-4-8-17/h2-4,7-8,10-13H,5-6,9,14-16H2,1H3,(H,24,25). The van der Waals surface area contributed by atoms with Crippen molar-refractivity contribution in [3.63, 3.8) is 0 Å². The topological polar surface area (TPSA) is 49.8 Å². The van der Waals surface area contributed by atoms with Crippen molar-refractivity contribution in [2.24, 2.45) is 0 Å². The molecule has 0 atom stereocenters. The Morgan fingerprint density at radius 1 is 1.07 bits per heavy atom. The smallest absolute Gasteiger partial charge is 0.303 e. The number of carboxylic acids is 1. The number of aliphatic carboxylic acids is 1. The molecule has 1 aliphatic heterocycles. The van der Waals surface area contributed by atoms with E-state index in [0.29, 0.717) is 6.42 Å². The van der Waals surface area contributed by atoms with E-state index in [-0.39, 0.29) is 6.42 Å². The van der Waals surface area contributed by atoms with Gasteiger partial charge in [0.15, 0.2) is 0 Å². The van der Waals surface area contributed by atoms with Gasteiger partial charge in [-0.25, -0.2) is 0 Å². The van der Waals surface area contributed by atoms with Gasteiger partial charge in [-0.2, -0.15) is 0 Å². The number of hydrogen-bond donors (Lipinski definition) is 1. The summed E-state index contributed by atoms with van der Waals surface area (Å²) in [7, 11) is 2.04. The fourth-order valence-electron chi connectivity index (χ4n) is 3.06. The lowest BCUT2D eigenvalue weighted by atomic mass is 10.1. The number of carbonyl (C=O) groups is 1. The highest BCUT2D eigenvalue weighted by molar-refractivity contribution is 8.08. The van der Waals surface area contributed by atoms with Crippen LogP contribution in [0.5, 0.6) is 0 Å². The van der Waals surface area contributed by atoms with Crippen molar-refractivity contribution in [1.82, 2.24) is 0 Å². The molecule has 3 rings (SSSR count). The molecule has 0 fully saturated rings. The number of anilines is 1. The van der Waals surface area contributed by atoms with E-state index >= 15 is 0 Å². The quantitative estimate of drug-likeness (QED) is 0.653. The van der Waals surface area contributed by atoms with E-state index in [0.717, 1.165) is 42.3 Å². The molecule has 1 aliphatic rings. The van der Waals surface area contributed by atoms with Crippen LogP contribution in [0.15, 0.2) is 54.6 Å². The van der Waals surface area contributed by atoms with Crippen molar-refractivity contribution in [1.29, 1.82) is 0 Å². The number of benzene rings is 2. The minimum Gasteiger partial charge on any atom is -0.491 e. The SMILES string of the molecule is CN(CCCCC(=O)O)c1ccc(C2=C(c3ccccc3)OCCS2)cc1. The third-order valence-electron chi connectivity index (χ3n) is 4.52. The van der Waals surface area contributed by atoms with E-state index in [9.17, 15) is 4.79 Å². The first-order valence-electron chi connectivity index (χ1n) is 9.24. The van der Waals surface area contributed by atoms with Crippen molar-refractivity contribution in [2.75, 3.05) is 30.9 Å². The highest BCUT2D eigenvalue weighted by atomic mass is 32.2. The largest absolute Gasteiger partial charge is 0.491 e. The second-order valence-corrected chi connectivity index (χ2v) is 7.65. The molecule has 142 valence electrons. The predicted octanol–water partition coefficient (Wildman–Crippen LogP) is 4.97. The molecule has 0 radical (unpaired) electrons. The van der Waals surface area contributed by atoms with Crippen LogP contribution in [-0.4, -0.2) is 37.0 Å². The molecule has 0 saturated heterocycles. The fraction of sp³-hybridized carbons (Fsp3) is 0.318. The summed E-state index contributed by atoms with van der Waals surface area (Å²) < 4.78 is 5.99. The van der Waals surface area contributed by atoms with Gasteiger partial charge in [0.2, 0.25) is 0 Å². The molecule has 4 nitrogen and oxygen atoms in total. The first-order chi connectivity index (χ1) is 13.1. The lowest BCUT2D eigenvalue weighted by Gasteiger charge is -2.23. The van der Waals surface area contributed by atoms with Crippen LogP contribution in [0.4, 0.5) is 5.69 Å². The van der Waals surface area contributed by atoms with Crippen LogP contribution < -0.4 is 4.90 Å². The molecule has 0 bridgehead atoms. The molecule has 27 heavy (non-hydrogen) atoms. The average molecular weight is 384 g/mol. The Kier molecular flexibility index (Phi) is 6.82. The maximum absolute atomic E-state index is 10.6. The number of hydrogen-bond acceptors (Lipinski definition) is 4. The van der Waals surface area contributed by atoms with E-state index < -0.39 is 5.97 Å². The maximum Gasteiger partial charge on any atom is 0.303 e. The van der Waals surface area contributed by atoms with Crippen molar-refractivity contribution < 1.29 is 14.6 Å². The Labute approximate surface area is 164 Å². The van der Waals surface area contributed by atoms with E-state index in [1.807, 2.05) is 37.0 Å². The first kappa shape index (κ1) is 19.4. The molecule has 2 aromatic rings. The number of rotatable bonds is 8. The second kappa shape index (κ2) is 9.51. The highest BCUT2D eigenvalue weighted by Gasteiger charge is 2.18. The maximum atomic E-state index is 10.6. The Hall–Kier alpha value is -2.40. The van der Waals surface area contributed by atoms with E-state index in [2.05, 4.69) is 41.3 Å². The Morgan fingerprint density at radius 3 is 2.52 bits per heavy atom. The van der Waals surface area contributed by atoms with Gasteiger partial charge >= 0.3 is 5.97 Å². The Balaban J connectivity index is 1.72. The van der Waals surface area contributed by atoms with E-state index in [1.54, 1.807) is 0 Å². The monoisotopic (exact) mass is 383 g/mol. The van der Waals surface area contributed by atoms with E-state index in [1.165, 1.54) is 10.5 Å². The summed E-state index contributed by atoms with van der Waals surface area (Å²) >= 11 is 1.84. The van der Waals surface area contributed by atoms with Crippen LogP contribution in [0.2, 0.25) is 0 Å². The summed E-state index contributed by atoms with van der Waals surface area (Å²) in [5, 5.41) is 8.72. The molecule has 0 unspecified atom stereocenters. The van der Waals surface area contributed by atoms with Crippen LogP contribution in [-0.2, 0) is 9.53 Å². The Morgan fingerprint density at radius 2 is 1.81 bits per heavy atom. The van der Waals surface area contributed by atoms with Gasteiger partial charge in [-0.15, -0.1) is 11.8 Å². The number of nitrogens with zero attached hydrogens (tertiary/aromatic N) is 1. The zero-order chi connectivity index (χ0) is 19.1. The minimum atomic E-state index is -0.725. The molecule has 0 saturated carbocycles. The van der Waals surface area contributed by atoms with Crippen molar-refractivity contribution >= 4 is 34.1 Å². The summed E-state index contributed by atoms with van der Waals surface area (Å²) in [4.78, 5) is 14.0. The number of unbranched alkanes of at least 4 members (excludes halogenated alkanes) is 1. The van der Waals surface area contributed by atoms with Gasteiger partial charge in [-0.3, -0.25) is 4.79 Å². The molecule has 0 spiro atoms. The fourth-order valence-corrected chi connectivity index (χ4v) is 4.04. The lowest BCUT2D eigenvalue weighted by Crippen LogP contribution is -2.18. The molecule has 0 amide bonds. The Bertz CT molecular complexity index is 787.